The van der Waals surface area contributed by atoms with E-state index >= 15 is 0 Å². The van der Waals surface area contributed by atoms with Crippen LogP contribution in [0.4, 0.5) is 0 Å². The van der Waals surface area contributed by atoms with Crippen molar-refractivity contribution in [1.29, 1.82) is 0 Å². The maximum absolute atomic E-state index is 12.4. The van der Waals surface area contributed by atoms with Gasteiger partial charge in [-0.2, -0.15) is 4.98 Å². The smallest absolute Gasteiger partial charge is 0.252 e. The van der Waals surface area contributed by atoms with Gasteiger partial charge < -0.3 is 14.6 Å². The molecule has 1 N–H and O–H groups in total. The van der Waals surface area contributed by atoms with Gasteiger partial charge >= 0.3 is 0 Å². The Morgan fingerprint density at radius 1 is 1.24 bits per heavy atom. The highest BCUT2D eigenvalue weighted by Gasteiger charge is 2.40. The molecule has 0 radical (unpaired) electrons. The minimum Gasteiger partial charge on any atom is -0.381 e. The van der Waals surface area contributed by atoms with Gasteiger partial charge in [0.05, 0.1) is 0 Å². The van der Waals surface area contributed by atoms with Crippen LogP contribution in [0.15, 0.2) is 35.2 Å². The molecule has 1 amide bonds. The van der Waals surface area contributed by atoms with Gasteiger partial charge in [-0.05, 0) is 24.3 Å². The van der Waals surface area contributed by atoms with Crippen molar-refractivity contribution in [2.24, 2.45) is 0 Å². The van der Waals surface area contributed by atoms with E-state index in [4.69, 9.17) is 20.9 Å². The van der Waals surface area contributed by atoms with Gasteiger partial charge in [-0.25, -0.2) is 0 Å². The summed E-state index contributed by atoms with van der Waals surface area (Å²) in [5.41, 5.74) is -0.115. The third-order valence-corrected chi connectivity index (χ3v) is 3.85. The molecule has 21 heavy (non-hydrogen) atoms. The molecule has 1 aliphatic rings. The third-order valence-electron chi connectivity index (χ3n) is 3.59. The predicted molar refractivity (Wildman–Crippen MR) is 74.9 cm³/mol. The zero-order valence-corrected chi connectivity index (χ0v) is 12.0. The number of hydrogen-bond acceptors (Lipinski definition) is 5. The Morgan fingerprint density at radius 3 is 2.57 bits per heavy atom. The van der Waals surface area contributed by atoms with Crippen molar-refractivity contribution in [3.05, 3.63) is 47.1 Å². The number of nitrogens with zero attached hydrogens (tertiary/aromatic N) is 2. The average molecular weight is 308 g/mol. The fourth-order valence-corrected chi connectivity index (χ4v) is 2.52. The molecule has 3 rings (SSSR count). The summed E-state index contributed by atoms with van der Waals surface area (Å²) in [6.45, 7) is 1.07. The first-order valence-corrected chi connectivity index (χ1v) is 7.00. The quantitative estimate of drug-likeness (QED) is 0.940. The summed E-state index contributed by atoms with van der Waals surface area (Å²) < 4.78 is 10.2. The van der Waals surface area contributed by atoms with E-state index in [-0.39, 0.29) is 5.91 Å². The maximum Gasteiger partial charge on any atom is 0.252 e. The average Bonchev–Trinajstić information content (AvgIpc) is 3.04. The molecule has 1 aromatic heterocycles. The number of amides is 1. The fourth-order valence-electron chi connectivity index (χ4n) is 2.40. The monoisotopic (exact) mass is 307 g/mol. The number of carbonyl (C=O) groups excluding carboxylic acids is 1. The van der Waals surface area contributed by atoms with Crippen LogP contribution in [0.2, 0.25) is 5.02 Å². The summed E-state index contributed by atoms with van der Waals surface area (Å²) in [5, 5.41) is 7.51. The van der Waals surface area contributed by atoms with E-state index < -0.39 is 5.54 Å². The minimum absolute atomic E-state index is 0.196. The number of nitrogens with one attached hydrogen (secondary N) is 1. The second-order valence-electron chi connectivity index (χ2n) is 4.91. The van der Waals surface area contributed by atoms with Crippen molar-refractivity contribution >= 4 is 17.5 Å². The summed E-state index contributed by atoms with van der Waals surface area (Å²) in [4.78, 5) is 16.5. The van der Waals surface area contributed by atoms with Crippen LogP contribution < -0.4 is 5.32 Å². The van der Waals surface area contributed by atoms with Crippen LogP contribution in [-0.2, 0) is 10.3 Å². The first-order valence-electron chi connectivity index (χ1n) is 6.62. The molecule has 0 atom stereocenters. The van der Waals surface area contributed by atoms with Crippen LogP contribution in [0.25, 0.3) is 0 Å². The lowest BCUT2D eigenvalue weighted by Crippen LogP contribution is -2.50. The molecule has 1 fully saturated rings. The van der Waals surface area contributed by atoms with E-state index in [1.54, 1.807) is 24.3 Å². The van der Waals surface area contributed by atoms with E-state index in [2.05, 4.69) is 15.5 Å². The lowest BCUT2D eigenvalue weighted by Gasteiger charge is -2.35. The van der Waals surface area contributed by atoms with Crippen LogP contribution >= 0.6 is 11.6 Å². The van der Waals surface area contributed by atoms with Gasteiger partial charge in [-0.3, -0.25) is 4.79 Å². The molecule has 0 spiro atoms. The molecule has 0 saturated carbocycles. The number of ether oxygens (including phenoxy) is 1. The van der Waals surface area contributed by atoms with Gasteiger partial charge in [0, 0.05) is 36.6 Å². The van der Waals surface area contributed by atoms with Gasteiger partial charge in [0.25, 0.3) is 5.91 Å². The summed E-state index contributed by atoms with van der Waals surface area (Å²) in [6, 6.07) is 6.73. The molecule has 0 aliphatic carbocycles. The van der Waals surface area contributed by atoms with Crippen LogP contribution in [0.3, 0.4) is 0 Å². The second kappa shape index (κ2) is 5.83. The third kappa shape index (κ3) is 2.91. The SMILES string of the molecule is O=C(NC1(c2ncon2)CCOCC1)c1ccc(Cl)cc1. The summed E-state index contributed by atoms with van der Waals surface area (Å²) in [6.07, 6.45) is 2.47. The predicted octanol–water partition coefficient (Wildman–Crippen LogP) is 2.16. The van der Waals surface area contributed by atoms with E-state index in [0.29, 0.717) is 42.5 Å². The van der Waals surface area contributed by atoms with Crippen LogP contribution in [0.5, 0.6) is 0 Å². The standard InChI is InChI=1S/C14H14ClN3O3/c15-11-3-1-10(2-4-11)12(19)17-14(5-7-20-8-6-14)13-16-9-21-18-13/h1-4,9H,5-8H2,(H,17,19). The molecule has 1 saturated heterocycles. The molecule has 1 aliphatic heterocycles. The highest BCUT2D eigenvalue weighted by Crippen LogP contribution is 2.30. The largest absolute Gasteiger partial charge is 0.381 e. The molecule has 7 heteroatoms. The Hall–Kier alpha value is -1.92. The molecule has 2 aromatic rings. The Morgan fingerprint density at radius 2 is 1.95 bits per heavy atom. The molecule has 2 heterocycles. The van der Waals surface area contributed by atoms with E-state index in [1.165, 1.54) is 6.39 Å². The van der Waals surface area contributed by atoms with Gasteiger partial charge in [-0.15, -0.1) is 0 Å². The van der Waals surface area contributed by atoms with Crippen molar-refractivity contribution in [2.75, 3.05) is 13.2 Å². The van der Waals surface area contributed by atoms with Gasteiger partial charge in [0.15, 0.2) is 5.82 Å². The molecule has 0 unspecified atom stereocenters. The van der Waals surface area contributed by atoms with Crippen LogP contribution in [0, 0.1) is 0 Å². The first-order chi connectivity index (χ1) is 10.2. The van der Waals surface area contributed by atoms with E-state index in [0.717, 1.165) is 0 Å². The molecular formula is C14H14ClN3O3. The lowest BCUT2D eigenvalue weighted by atomic mass is 9.88. The topological polar surface area (TPSA) is 77.3 Å². The Bertz CT molecular complexity index is 607. The maximum atomic E-state index is 12.4. The number of rotatable bonds is 3. The summed E-state index contributed by atoms with van der Waals surface area (Å²) in [7, 11) is 0. The van der Waals surface area contributed by atoms with Crippen molar-refractivity contribution < 1.29 is 14.1 Å². The van der Waals surface area contributed by atoms with Crippen molar-refractivity contribution in [3.63, 3.8) is 0 Å². The van der Waals surface area contributed by atoms with Crippen LogP contribution in [0.1, 0.15) is 29.0 Å². The minimum atomic E-state index is -0.651. The molecule has 110 valence electrons. The highest BCUT2D eigenvalue weighted by molar-refractivity contribution is 6.30. The summed E-state index contributed by atoms with van der Waals surface area (Å²) in [5.74, 6) is 0.284. The van der Waals surface area contributed by atoms with Crippen molar-refractivity contribution in [1.82, 2.24) is 15.5 Å². The van der Waals surface area contributed by atoms with E-state index in [9.17, 15) is 4.79 Å². The van der Waals surface area contributed by atoms with Gasteiger partial charge in [0.1, 0.15) is 5.54 Å². The zero-order chi connectivity index (χ0) is 14.7. The number of carbonyl (C=O) groups is 1. The van der Waals surface area contributed by atoms with Crippen molar-refractivity contribution in [3.8, 4) is 0 Å². The van der Waals surface area contributed by atoms with Gasteiger partial charge in [0.2, 0.25) is 6.39 Å². The summed E-state index contributed by atoms with van der Waals surface area (Å²) >= 11 is 5.84. The molecule has 0 bridgehead atoms. The highest BCUT2D eigenvalue weighted by atomic mass is 35.5. The molecule has 6 nitrogen and oxygen atoms in total. The number of aromatic nitrogens is 2. The molecular weight excluding hydrogens is 294 g/mol. The fraction of sp³-hybridized carbons (Fsp3) is 0.357. The van der Waals surface area contributed by atoms with Gasteiger partial charge in [-0.1, -0.05) is 16.8 Å². The molecule has 1 aromatic carbocycles. The second-order valence-corrected chi connectivity index (χ2v) is 5.35. The number of hydrogen-bond donors (Lipinski definition) is 1. The number of halogens is 1. The van der Waals surface area contributed by atoms with E-state index in [1.807, 2.05) is 0 Å². The Labute approximate surface area is 126 Å². The lowest BCUT2D eigenvalue weighted by molar-refractivity contribution is 0.0306. The normalized spacial score (nSPS) is 17.4. The Balaban J connectivity index is 1.85. The Kier molecular flexibility index (Phi) is 3.90. The first kappa shape index (κ1) is 14.0. The zero-order valence-electron chi connectivity index (χ0n) is 11.2. The number of benzene rings is 1. The van der Waals surface area contributed by atoms with Crippen LogP contribution in [-0.4, -0.2) is 29.3 Å². The van der Waals surface area contributed by atoms with Crippen molar-refractivity contribution in [2.45, 2.75) is 18.4 Å².